The van der Waals surface area contributed by atoms with Gasteiger partial charge in [-0.05, 0) is 11.5 Å². The summed E-state index contributed by atoms with van der Waals surface area (Å²) in [4.78, 5) is 0. The monoisotopic (exact) mass is 298 g/mol. The van der Waals surface area contributed by atoms with Crippen LogP contribution < -0.4 is 10.0 Å². The van der Waals surface area contributed by atoms with E-state index >= 15 is 0 Å². The minimum Gasteiger partial charge on any atom is -0.374 e. The molecule has 1 aromatic rings. The molecule has 0 saturated carbocycles. The summed E-state index contributed by atoms with van der Waals surface area (Å²) in [6, 6.07) is 9.68. The molecule has 2 atom stereocenters. The van der Waals surface area contributed by atoms with E-state index < -0.39 is 10.0 Å². The highest BCUT2D eigenvalue weighted by molar-refractivity contribution is 7.89. The Morgan fingerprint density at radius 1 is 1.40 bits per heavy atom. The average Bonchev–Trinajstić information content (AvgIpc) is 2.47. The van der Waals surface area contributed by atoms with Crippen molar-refractivity contribution in [1.29, 1.82) is 0 Å². The van der Waals surface area contributed by atoms with Crippen molar-refractivity contribution in [3.63, 3.8) is 0 Å². The van der Waals surface area contributed by atoms with Crippen molar-refractivity contribution >= 4 is 10.0 Å². The quantitative estimate of drug-likeness (QED) is 0.811. The molecule has 20 heavy (non-hydrogen) atoms. The van der Waals surface area contributed by atoms with Gasteiger partial charge < -0.3 is 10.1 Å². The Balaban J connectivity index is 1.84. The molecule has 2 unspecified atom stereocenters. The van der Waals surface area contributed by atoms with Crippen molar-refractivity contribution in [3.05, 3.63) is 35.9 Å². The fourth-order valence-corrected chi connectivity index (χ4v) is 3.64. The molecule has 0 aliphatic carbocycles. The zero-order chi connectivity index (χ0) is 14.4. The first-order valence-electron chi connectivity index (χ1n) is 6.91. The number of ether oxygens (including phenoxy) is 1. The number of benzene rings is 1. The normalized spacial score (nSPS) is 21.6. The van der Waals surface area contributed by atoms with E-state index in [1.54, 1.807) is 0 Å². The van der Waals surface area contributed by atoms with E-state index in [0.29, 0.717) is 19.7 Å². The van der Waals surface area contributed by atoms with E-state index in [9.17, 15) is 8.42 Å². The van der Waals surface area contributed by atoms with Crippen LogP contribution >= 0.6 is 0 Å². The predicted molar refractivity (Wildman–Crippen MR) is 79.3 cm³/mol. The van der Waals surface area contributed by atoms with Crippen LogP contribution in [0.3, 0.4) is 0 Å². The van der Waals surface area contributed by atoms with Crippen molar-refractivity contribution in [2.45, 2.75) is 18.9 Å². The molecule has 1 aliphatic rings. The van der Waals surface area contributed by atoms with E-state index in [1.807, 2.05) is 37.3 Å². The maximum atomic E-state index is 12.1. The lowest BCUT2D eigenvalue weighted by Crippen LogP contribution is -2.45. The van der Waals surface area contributed by atoms with Gasteiger partial charge in [0, 0.05) is 19.6 Å². The zero-order valence-corrected chi connectivity index (χ0v) is 12.5. The van der Waals surface area contributed by atoms with Crippen molar-refractivity contribution in [1.82, 2.24) is 10.0 Å². The number of sulfonamides is 1. The predicted octanol–water partition coefficient (Wildman–Crippen LogP) is 0.698. The van der Waals surface area contributed by atoms with Crippen molar-refractivity contribution in [2.75, 3.05) is 32.0 Å². The van der Waals surface area contributed by atoms with Crippen molar-refractivity contribution in [3.8, 4) is 0 Å². The second-order valence-electron chi connectivity index (χ2n) is 5.14. The average molecular weight is 298 g/mol. The largest absolute Gasteiger partial charge is 0.374 e. The third-order valence-corrected chi connectivity index (χ3v) is 4.92. The van der Waals surface area contributed by atoms with Crippen LogP contribution in [-0.4, -0.2) is 46.5 Å². The van der Waals surface area contributed by atoms with Crippen LogP contribution in [0.4, 0.5) is 0 Å². The summed E-state index contributed by atoms with van der Waals surface area (Å²) in [6.45, 7) is 4.40. The van der Waals surface area contributed by atoms with Gasteiger partial charge in [0.2, 0.25) is 10.0 Å². The third-order valence-electron chi connectivity index (χ3n) is 3.37. The molecular weight excluding hydrogens is 276 g/mol. The van der Waals surface area contributed by atoms with Crippen LogP contribution in [-0.2, 0) is 14.8 Å². The van der Waals surface area contributed by atoms with E-state index in [1.165, 1.54) is 0 Å². The molecule has 1 fully saturated rings. The second-order valence-corrected chi connectivity index (χ2v) is 6.99. The molecular formula is C14H22N2O3S. The van der Waals surface area contributed by atoms with Gasteiger partial charge in [-0.25, -0.2) is 13.1 Å². The third kappa shape index (κ3) is 4.86. The van der Waals surface area contributed by atoms with Crippen LogP contribution in [0, 0.1) is 0 Å². The van der Waals surface area contributed by atoms with Crippen LogP contribution in [0.1, 0.15) is 18.4 Å². The molecule has 0 radical (unpaired) electrons. The van der Waals surface area contributed by atoms with Gasteiger partial charge in [-0.15, -0.1) is 0 Å². The number of morpholine rings is 1. The summed E-state index contributed by atoms with van der Waals surface area (Å²) in [5.74, 6) is 0.0658. The van der Waals surface area contributed by atoms with Gasteiger partial charge in [0.25, 0.3) is 0 Å². The highest BCUT2D eigenvalue weighted by Gasteiger charge is 2.20. The Bertz CT molecular complexity index is 498. The van der Waals surface area contributed by atoms with Gasteiger partial charge in [-0.1, -0.05) is 37.3 Å². The molecule has 5 nitrogen and oxygen atoms in total. The number of rotatable bonds is 6. The lowest BCUT2D eigenvalue weighted by atomic mass is 10.0. The van der Waals surface area contributed by atoms with Crippen molar-refractivity contribution < 1.29 is 13.2 Å². The molecule has 0 spiro atoms. The molecule has 0 aromatic heterocycles. The zero-order valence-electron chi connectivity index (χ0n) is 11.7. The molecule has 0 bridgehead atoms. The first-order chi connectivity index (χ1) is 9.57. The van der Waals surface area contributed by atoms with Gasteiger partial charge in [-0.2, -0.15) is 0 Å². The fraction of sp³-hybridized carbons (Fsp3) is 0.571. The second kappa shape index (κ2) is 7.17. The highest BCUT2D eigenvalue weighted by Crippen LogP contribution is 2.16. The Morgan fingerprint density at radius 3 is 2.80 bits per heavy atom. The standard InChI is InChI=1S/C14H22N2O3S/c1-12(13-5-3-2-4-6-13)11-20(17,18)16-10-14-9-15-7-8-19-14/h2-6,12,14-16H,7-11H2,1H3. The maximum Gasteiger partial charge on any atom is 0.212 e. The van der Waals surface area contributed by atoms with Crippen LogP contribution in [0.2, 0.25) is 0 Å². The molecule has 2 rings (SSSR count). The highest BCUT2D eigenvalue weighted by atomic mass is 32.2. The van der Waals surface area contributed by atoms with E-state index in [2.05, 4.69) is 10.0 Å². The SMILES string of the molecule is CC(CS(=O)(=O)NCC1CNCCO1)c1ccccc1. The molecule has 1 heterocycles. The molecule has 0 amide bonds. The van der Waals surface area contributed by atoms with E-state index in [4.69, 9.17) is 4.74 Å². The summed E-state index contributed by atoms with van der Waals surface area (Å²) in [6.07, 6.45) is -0.0782. The van der Waals surface area contributed by atoms with Crippen molar-refractivity contribution in [2.24, 2.45) is 0 Å². The Kier molecular flexibility index (Phi) is 5.54. The topological polar surface area (TPSA) is 67.4 Å². The summed E-state index contributed by atoms with van der Waals surface area (Å²) in [5, 5.41) is 3.18. The first kappa shape index (κ1) is 15.4. The number of hydrogen-bond acceptors (Lipinski definition) is 4. The van der Waals surface area contributed by atoms with Gasteiger partial charge in [0.15, 0.2) is 0 Å². The summed E-state index contributed by atoms with van der Waals surface area (Å²) >= 11 is 0. The molecule has 1 aromatic carbocycles. The lowest BCUT2D eigenvalue weighted by Gasteiger charge is -2.24. The minimum atomic E-state index is -3.29. The Morgan fingerprint density at radius 2 is 2.15 bits per heavy atom. The van der Waals surface area contributed by atoms with Gasteiger partial charge >= 0.3 is 0 Å². The molecule has 112 valence electrons. The summed E-state index contributed by atoms with van der Waals surface area (Å²) in [7, 11) is -3.29. The van der Waals surface area contributed by atoms with Gasteiger partial charge in [0.05, 0.1) is 18.5 Å². The molecule has 2 N–H and O–H groups in total. The Hall–Kier alpha value is -0.950. The molecule has 6 heteroatoms. The molecule has 1 saturated heterocycles. The maximum absolute atomic E-state index is 12.1. The fourth-order valence-electron chi connectivity index (χ4n) is 2.24. The van der Waals surface area contributed by atoms with Gasteiger partial charge in [0.1, 0.15) is 0 Å². The lowest BCUT2D eigenvalue weighted by molar-refractivity contribution is 0.0324. The van der Waals surface area contributed by atoms with Crippen LogP contribution in [0.5, 0.6) is 0 Å². The van der Waals surface area contributed by atoms with E-state index in [0.717, 1.165) is 12.1 Å². The number of hydrogen-bond donors (Lipinski definition) is 2. The smallest absolute Gasteiger partial charge is 0.212 e. The first-order valence-corrected chi connectivity index (χ1v) is 8.56. The summed E-state index contributed by atoms with van der Waals surface area (Å²) < 4.78 is 32.2. The van der Waals surface area contributed by atoms with Crippen LogP contribution in [0.25, 0.3) is 0 Å². The minimum absolute atomic E-state index is 0.0286. The number of nitrogens with one attached hydrogen (secondary N) is 2. The summed E-state index contributed by atoms with van der Waals surface area (Å²) in [5.41, 5.74) is 1.04. The van der Waals surface area contributed by atoms with E-state index in [-0.39, 0.29) is 17.8 Å². The van der Waals surface area contributed by atoms with Gasteiger partial charge in [-0.3, -0.25) is 0 Å². The molecule has 1 aliphatic heterocycles. The Labute approximate surface area is 120 Å². The van der Waals surface area contributed by atoms with Crippen LogP contribution in [0.15, 0.2) is 30.3 Å².